The van der Waals surface area contributed by atoms with Crippen molar-refractivity contribution < 1.29 is 18.0 Å². The number of hydrogen-bond acceptors (Lipinski definition) is 4. The molecule has 0 spiro atoms. The van der Waals surface area contributed by atoms with Gasteiger partial charge in [-0.3, -0.25) is 9.59 Å². The minimum Gasteiger partial charge on any atom is -0.339 e. The number of rotatable bonds is 7. The van der Waals surface area contributed by atoms with Crippen LogP contribution in [-0.2, 0) is 25.2 Å². The van der Waals surface area contributed by atoms with Crippen LogP contribution >= 0.6 is 15.9 Å². The predicted octanol–water partition coefficient (Wildman–Crippen LogP) is 3.40. The lowest BCUT2D eigenvalue weighted by Crippen LogP contribution is -2.51. The van der Waals surface area contributed by atoms with Crippen molar-refractivity contribution in [2.24, 2.45) is 5.92 Å². The topological polar surface area (TPSA) is 74.8 Å². The Bertz CT molecular complexity index is 844. The van der Waals surface area contributed by atoms with E-state index in [0.717, 1.165) is 10.9 Å². The summed E-state index contributed by atoms with van der Waals surface area (Å²) in [5, 5.41) is 0. The van der Waals surface area contributed by atoms with Crippen LogP contribution in [0.2, 0.25) is 0 Å². The third-order valence-electron chi connectivity index (χ3n) is 6.10. The Morgan fingerprint density at radius 1 is 0.967 bits per heavy atom. The molecular formula is C22H31BrN2O4S. The molecule has 1 aromatic carbocycles. The first-order valence-corrected chi connectivity index (χ1v) is 13.4. The van der Waals surface area contributed by atoms with Crippen LogP contribution in [-0.4, -0.2) is 62.0 Å². The van der Waals surface area contributed by atoms with Gasteiger partial charge < -0.3 is 9.80 Å². The van der Waals surface area contributed by atoms with Crippen molar-refractivity contribution in [2.75, 3.05) is 31.9 Å². The van der Waals surface area contributed by atoms with Gasteiger partial charge >= 0.3 is 0 Å². The molecule has 1 saturated carbocycles. The fraction of sp³-hybridized carbons (Fsp3) is 0.636. The normalized spacial score (nSPS) is 18.4. The lowest BCUT2D eigenvalue weighted by molar-refractivity contribution is -0.138. The Kier molecular flexibility index (Phi) is 8.34. The number of hydrogen-bond donors (Lipinski definition) is 0. The number of carbonyl (C=O) groups is 2. The highest BCUT2D eigenvalue weighted by Gasteiger charge is 2.27. The van der Waals surface area contributed by atoms with Crippen LogP contribution < -0.4 is 0 Å². The van der Waals surface area contributed by atoms with Crippen LogP contribution in [0.4, 0.5) is 0 Å². The molecule has 2 aliphatic rings. The van der Waals surface area contributed by atoms with Crippen LogP contribution in [0.1, 0.15) is 50.5 Å². The number of nitrogens with zero attached hydrogens (tertiary/aromatic N) is 2. The van der Waals surface area contributed by atoms with Gasteiger partial charge in [-0.25, -0.2) is 8.42 Å². The summed E-state index contributed by atoms with van der Waals surface area (Å²) in [6.45, 7) is 1.78. The fourth-order valence-electron chi connectivity index (χ4n) is 4.38. The lowest BCUT2D eigenvalue weighted by atomic mass is 9.86. The Hall–Kier alpha value is -1.41. The van der Waals surface area contributed by atoms with Crippen LogP contribution in [0.25, 0.3) is 0 Å². The van der Waals surface area contributed by atoms with E-state index in [9.17, 15) is 18.0 Å². The van der Waals surface area contributed by atoms with Gasteiger partial charge in [0.2, 0.25) is 11.8 Å². The summed E-state index contributed by atoms with van der Waals surface area (Å²) in [7, 11) is -3.54. The second kappa shape index (κ2) is 10.8. The number of halogens is 1. The molecular weight excluding hydrogens is 468 g/mol. The highest BCUT2D eigenvalue weighted by molar-refractivity contribution is 9.10. The molecule has 2 fully saturated rings. The minimum absolute atomic E-state index is 0.155. The summed E-state index contributed by atoms with van der Waals surface area (Å²) in [6, 6.07) is 7.10. The number of amides is 2. The van der Waals surface area contributed by atoms with Crippen LogP contribution in [0, 0.1) is 5.92 Å². The van der Waals surface area contributed by atoms with Crippen molar-refractivity contribution >= 4 is 37.6 Å². The molecule has 1 aliphatic carbocycles. The third-order valence-corrected chi connectivity index (χ3v) is 8.05. The van der Waals surface area contributed by atoms with Gasteiger partial charge in [-0.15, -0.1) is 0 Å². The lowest BCUT2D eigenvalue weighted by Gasteiger charge is -2.35. The Labute approximate surface area is 188 Å². The van der Waals surface area contributed by atoms with Gasteiger partial charge in [-0.1, -0.05) is 60.2 Å². The van der Waals surface area contributed by atoms with Crippen LogP contribution in [0.3, 0.4) is 0 Å². The molecule has 0 N–H and O–H groups in total. The molecule has 0 radical (unpaired) electrons. The first-order valence-electron chi connectivity index (χ1n) is 10.8. The molecule has 0 atom stereocenters. The molecule has 8 heteroatoms. The molecule has 30 heavy (non-hydrogen) atoms. The van der Waals surface area contributed by atoms with Gasteiger partial charge in [0.25, 0.3) is 0 Å². The second-order valence-corrected chi connectivity index (χ2v) is 11.4. The van der Waals surface area contributed by atoms with Crippen molar-refractivity contribution in [2.45, 2.75) is 50.7 Å². The Balaban J connectivity index is 1.42. The second-order valence-electron chi connectivity index (χ2n) is 8.47. The molecule has 0 unspecified atom stereocenters. The van der Waals surface area contributed by atoms with E-state index in [0.29, 0.717) is 44.1 Å². The third kappa shape index (κ3) is 7.08. The molecule has 6 nitrogen and oxygen atoms in total. The molecule has 1 aliphatic heterocycles. The number of sulfone groups is 1. The van der Waals surface area contributed by atoms with Crippen molar-refractivity contribution in [3.05, 3.63) is 34.3 Å². The summed E-state index contributed by atoms with van der Waals surface area (Å²) in [5.41, 5.74) is 0.658. The van der Waals surface area contributed by atoms with E-state index in [-0.39, 0.29) is 17.6 Å². The number of piperazine rings is 1. The molecule has 2 amide bonds. The average molecular weight is 499 g/mol. The zero-order valence-corrected chi connectivity index (χ0v) is 19.8. The molecule has 0 aromatic heterocycles. The first-order chi connectivity index (χ1) is 14.3. The summed E-state index contributed by atoms with van der Waals surface area (Å²) >= 11 is 3.33. The van der Waals surface area contributed by atoms with Crippen molar-refractivity contribution in [3.63, 3.8) is 0 Å². The predicted molar refractivity (Wildman–Crippen MR) is 121 cm³/mol. The Morgan fingerprint density at radius 3 is 2.23 bits per heavy atom. The smallest absolute Gasteiger partial charge is 0.237 e. The van der Waals surface area contributed by atoms with E-state index >= 15 is 0 Å². The number of benzene rings is 1. The van der Waals surface area contributed by atoms with Crippen molar-refractivity contribution in [1.82, 2.24) is 9.80 Å². The van der Waals surface area contributed by atoms with E-state index in [4.69, 9.17) is 0 Å². The van der Waals surface area contributed by atoms with E-state index < -0.39 is 15.6 Å². The summed E-state index contributed by atoms with van der Waals surface area (Å²) in [5.74, 6) is -0.178. The zero-order chi connectivity index (χ0) is 21.6. The molecule has 166 valence electrons. The summed E-state index contributed by atoms with van der Waals surface area (Å²) < 4.78 is 25.7. The maximum absolute atomic E-state index is 12.5. The van der Waals surface area contributed by atoms with Crippen molar-refractivity contribution in [1.29, 1.82) is 0 Å². The Morgan fingerprint density at radius 2 is 1.60 bits per heavy atom. The van der Waals surface area contributed by atoms with Gasteiger partial charge in [-0.2, -0.15) is 0 Å². The van der Waals surface area contributed by atoms with Crippen molar-refractivity contribution in [3.8, 4) is 0 Å². The first kappa shape index (κ1) is 23.3. The molecule has 3 rings (SSSR count). The SMILES string of the molecule is O=C(CCC1CCCCC1)N1CCN(C(=O)CS(=O)(=O)Cc2cccc(Br)c2)CC1. The van der Waals surface area contributed by atoms with E-state index in [2.05, 4.69) is 15.9 Å². The van der Waals surface area contributed by atoms with Gasteiger partial charge in [-0.05, 0) is 30.0 Å². The molecule has 1 saturated heterocycles. The highest BCUT2D eigenvalue weighted by Crippen LogP contribution is 2.27. The van der Waals surface area contributed by atoms with Gasteiger partial charge in [0, 0.05) is 37.1 Å². The maximum Gasteiger partial charge on any atom is 0.237 e. The van der Waals surface area contributed by atoms with Gasteiger partial charge in [0.1, 0.15) is 5.75 Å². The summed E-state index contributed by atoms with van der Waals surface area (Å²) in [6.07, 6.45) is 7.91. The fourth-order valence-corrected chi connectivity index (χ4v) is 6.17. The largest absolute Gasteiger partial charge is 0.339 e. The van der Waals surface area contributed by atoms with Gasteiger partial charge in [0.05, 0.1) is 5.75 Å². The molecule has 0 bridgehead atoms. The van der Waals surface area contributed by atoms with E-state index in [1.807, 2.05) is 11.0 Å². The standard InChI is InChI=1S/C22H31BrN2O4S/c23-20-8-4-7-19(15-20)16-30(28,29)17-22(27)25-13-11-24(12-14-25)21(26)10-9-18-5-2-1-3-6-18/h4,7-8,15,18H,1-3,5-6,9-14,16-17H2. The summed E-state index contributed by atoms with van der Waals surface area (Å²) in [4.78, 5) is 28.4. The molecule has 1 aromatic rings. The maximum atomic E-state index is 12.5. The zero-order valence-electron chi connectivity index (χ0n) is 17.4. The van der Waals surface area contributed by atoms with Crippen LogP contribution in [0.15, 0.2) is 28.7 Å². The van der Waals surface area contributed by atoms with E-state index in [1.54, 1.807) is 23.1 Å². The quantitative estimate of drug-likeness (QED) is 0.577. The number of carbonyl (C=O) groups excluding carboxylic acids is 2. The highest BCUT2D eigenvalue weighted by atomic mass is 79.9. The minimum atomic E-state index is -3.54. The van der Waals surface area contributed by atoms with Crippen LogP contribution in [0.5, 0.6) is 0 Å². The van der Waals surface area contributed by atoms with Gasteiger partial charge in [0.15, 0.2) is 9.84 Å². The monoisotopic (exact) mass is 498 g/mol. The average Bonchev–Trinajstić information content (AvgIpc) is 2.72. The molecule has 1 heterocycles. The van der Waals surface area contributed by atoms with E-state index in [1.165, 1.54) is 32.1 Å².